The number of nitrogens with zero attached hydrogens (tertiary/aromatic N) is 4. The van der Waals surface area contributed by atoms with E-state index >= 15 is 0 Å². The summed E-state index contributed by atoms with van der Waals surface area (Å²) in [7, 11) is 1.75. The van der Waals surface area contributed by atoms with Gasteiger partial charge in [0.05, 0.1) is 5.60 Å². The number of rotatable bonds is 10. The molecule has 7 aromatic rings. The molecule has 1 unspecified atom stereocenters. The van der Waals surface area contributed by atoms with Crippen LogP contribution in [-0.2, 0) is 19.1 Å². The van der Waals surface area contributed by atoms with Crippen LogP contribution in [0.1, 0.15) is 72.8 Å². The summed E-state index contributed by atoms with van der Waals surface area (Å²) in [5.41, 5.74) is 9.68. The van der Waals surface area contributed by atoms with Crippen LogP contribution in [0, 0.1) is 5.92 Å². The van der Waals surface area contributed by atoms with Crippen LogP contribution in [0.2, 0.25) is 0 Å². The smallest absolute Gasteiger partial charge is 0.274 e. The van der Waals surface area contributed by atoms with Gasteiger partial charge in [-0.1, -0.05) is 54.6 Å². The second-order valence-electron chi connectivity index (χ2n) is 18.8. The van der Waals surface area contributed by atoms with E-state index in [2.05, 4.69) is 92.5 Å². The molecule has 2 aromatic heterocycles. The first-order valence-corrected chi connectivity index (χ1v) is 23.1. The van der Waals surface area contributed by atoms with E-state index in [0.717, 1.165) is 86.5 Å². The van der Waals surface area contributed by atoms with E-state index in [4.69, 9.17) is 4.74 Å². The summed E-state index contributed by atoms with van der Waals surface area (Å²) < 4.78 is 8.14. The summed E-state index contributed by atoms with van der Waals surface area (Å²) in [5.74, 6) is 3.11. The Hall–Kier alpha value is -6.29. The quantitative estimate of drug-likeness (QED) is 0.126. The lowest BCUT2D eigenvalue weighted by atomic mass is 9.69. The van der Waals surface area contributed by atoms with E-state index in [0.29, 0.717) is 28.9 Å². The average molecular weight is 854 g/mol. The van der Waals surface area contributed by atoms with Gasteiger partial charge in [0.25, 0.3) is 5.56 Å². The minimum Gasteiger partial charge on any atom is -0.508 e. The number of hydrogen-bond acceptors (Lipinski definition) is 7. The number of aliphatic hydroxyl groups is 1. The topological polar surface area (TPSA) is 97.2 Å². The Bertz CT molecular complexity index is 2790. The number of aryl methyl sites for hydroxylation is 2. The second-order valence-corrected chi connectivity index (χ2v) is 18.8. The number of phenols is 1. The maximum absolute atomic E-state index is 12.9. The van der Waals surface area contributed by atoms with E-state index in [1.54, 1.807) is 31.7 Å². The summed E-state index contributed by atoms with van der Waals surface area (Å²) >= 11 is 0. The van der Waals surface area contributed by atoms with Crippen molar-refractivity contribution in [1.82, 2.24) is 14.5 Å². The number of phenolic OH excluding ortho intramolecular Hbond substituents is 1. The van der Waals surface area contributed by atoms with Crippen LogP contribution in [0.15, 0.2) is 139 Å². The third kappa shape index (κ3) is 8.42. The lowest BCUT2D eigenvalue weighted by Gasteiger charge is -2.40. The van der Waals surface area contributed by atoms with E-state index < -0.39 is 5.60 Å². The van der Waals surface area contributed by atoms with Gasteiger partial charge in [-0.3, -0.25) is 9.69 Å². The Morgan fingerprint density at radius 3 is 2.16 bits per heavy atom. The van der Waals surface area contributed by atoms with Crippen molar-refractivity contribution in [2.24, 2.45) is 13.0 Å². The van der Waals surface area contributed by atoms with Gasteiger partial charge in [-0.2, -0.15) is 0 Å². The summed E-state index contributed by atoms with van der Waals surface area (Å²) in [5, 5.41) is 22.0. The lowest BCUT2D eigenvalue weighted by molar-refractivity contribution is 0.0786. The van der Waals surface area contributed by atoms with Crippen molar-refractivity contribution < 1.29 is 14.9 Å². The van der Waals surface area contributed by atoms with E-state index in [1.165, 1.54) is 46.5 Å². The summed E-state index contributed by atoms with van der Waals surface area (Å²) in [6, 6.07) is 42.4. The van der Waals surface area contributed by atoms with Gasteiger partial charge >= 0.3 is 0 Å². The number of fused-ring (bicyclic) bond motifs is 2. The molecule has 0 spiro atoms. The van der Waals surface area contributed by atoms with Crippen molar-refractivity contribution in [2.45, 2.75) is 57.0 Å². The van der Waals surface area contributed by atoms with Gasteiger partial charge in [0.1, 0.15) is 22.8 Å². The number of piperazine rings is 1. The van der Waals surface area contributed by atoms with Gasteiger partial charge in [-0.25, -0.2) is 0 Å². The van der Waals surface area contributed by atoms with Crippen molar-refractivity contribution in [3.05, 3.63) is 172 Å². The van der Waals surface area contributed by atoms with Gasteiger partial charge in [-0.05, 0) is 146 Å². The van der Waals surface area contributed by atoms with Crippen LogP contribution in [0.5, 0.6) is 17.2 Å². The summed E-state index contributed by atoms with van der Waals surface area (Å²) in [6.07, 6.45) is 8.09. The van der Waals surface area contributed by atoms with Crippen molar-refractivity contribution in [3.63, 3.8) is 0 Å². The van der Waals surface area contributed by atoms with E-state index in [-0.39, 0.29) is 11.5 Å². The third-order valence-corrected chi connectivity index (χ3v) is 14.2. The molecule has 9 nitrogen and oxygen atoms in total. The molecule has 0 amide bonds. The van der Waals surface area contributed by atoms with Gasteiger partial charge in [0.15, 0.2) is 0 Å². The highest BCUT2D eigenvalue weighted by atomic mass is 16.5. The number of piperidine rings is 1. The number of aromatic amines is 1. The first-order valence-electron chi connectivity index (χ1n) is 23.1. The molecule has 0 saturated carbocycles. The summed E-state index contributed by atoms with van der Waals surface area (Å²) in [4.78, 5) is 23.7. The Morgan fingerprint density at radius 2 is 1.44 bits per heavy atom. The Balaban J connectivity index is 0.741. The zero-order valence-corrected chi connectivity index (χ0v) is 37.2. The minimum atomic E-state index is -1.05. The summed E-state index contributed by atoms with van der Waals surface area (Å²) in [6.45, 7) is 11.0. The predicted octanol–water partition coefficient (Wildman–Crippen LogP) is 10.2. The van der Waals surface area contributed by atoms with Crippen LogP contribution in [0.25, 0.3) is 22.0 Å². The number of H-pyrrole nitrogens is 1. The van der Waals surface area contributed by atoms with Crippen molar-refractivity contribution in [2.75, 3.05) is 55.6 Å². The number of ether oxygens (including phenoxy) is 1. The Kier molecular flexibility index (Phi) is 11.3. The molecule has 328 valence electrons. The monoisotopic (exact) mass is 853 g/mol. The standard InChI is InChI=1S/C55H59N5O4/c1-55(2,63)41-12-22-51(49(34-41)50-36-57(3)54(62)53-48(50)23-26-56-53)64-45-18-15-43(16-19-45)60-31-29-58(30-32-60)35-37-24-27-59(28-25-37)42-13-9-39(10-14-42)52-46(38-7-5-4-6-8-38)20-11-40-33-44(61)17-21-47(40)52/h4-10,12-19,21-23,26,33-34,36-37,46,52,56,61,63H,11,20,24-25,27-32,35H2,1-3H3/t46-,52?/m1/s1. The molecule has 2 aliphatic heterocycles. The van der Waals surface area contributed by atoms with Gasteiger partial charge in [0.2, 0.25) is 0 Å². The molecule has 10 rings (SSSR count). The number of benzene rings is 5. The maximum atomic E-state index is 12.9. The van der Waals surface area contributed by atoms with Crippen molar-refractivity contribution >= 4 is 22.3 Å². The number of aromatic hydroxyl groups is 1. The fourth-order valence-electron chi connectivity index (χ4n) is 10.6. The van der Waals surface area contributed by atoms with Crippen LogP contribution in [0.3, 0.4) is 0 Å². The second kappa shape index (κ2) is 17.4. The molecular weight excluding hydrogens is 795 g/mol. The largest absolute Gasteiger partial charge is 0.508 e. The predicted molar refractivity (Wildman–Crippen MR) is 258 cm³/mol. The Morgan fingerprint density at radius 1 is 0.734 bits per heavy atom. The minimum absolute atomic E-state index is 0.0936. The molecule has 0 radical (unpaired) electrons. The fourth-order valence-corrected chi connectivity index (χ4v) is 10.6. The molecular formula is C55H59N5O4. The van der Waals surface area contributed by atoms with E-state index in [1.807, 2.05) is 54.7 Å². The molecule has 3 N–H and O–H groups in total. The molecule has 0 bridgehead atoms. The SMILES string of the molecule is Cn1cc(-c2cc(C(C)(C)O)ccc2Oc2ccc(N3CCN(CC4CCN(c5ccc(C6c7ccc(O)cc7CC[C@@H]6c6ccccc6)cc5)CC4)CC3)cc2)c2cc[nH]c2c1=O. The average Bonchev–Trinajstić information content (AvgIpc) is 3.82. The highest BCUT2D eigenvalue weighted by molar-refractivity contribution is 5.96. The van der Waals surface area contributed by atoms with E-state index in [9.17, 15) is 15.0 Å². The van der Waals surface area contributed by atoms with Gasteiger partial charge in [-0.15, -0.1) is 0 Å². The molecule has 2 fully saturated rings. The first-order chi connectivity index (χ1) is 31.1. The van der Waals surface area contributed by atoms with Gasteiger partial charge < -0.3 is 34.3 Å². The van der Waals surface area contributed by atoms with Crippen molar-refractivity contribution in [1.29, 1.82) is 0 Å². The first kappa shape index (κ1) is 41.7. The molecule has 5 aromatic carbocycles. The highest BCUT2D eigenvalue weighted by Crippen LogP contribution is 2.47. The van der Waals surface area contributed by atoms with Crippen LogP contribution in [0.4, 0.5) is 11.4 Å². The number of nitrogens with one attached hydrogen (secondary N) is 1. The number of hydrogen-bond donors (Lipinski definition) is 3. The molecule has 1 aliphatic carbocycles. The fraction of sp³-hybridized carbons (Fsp3) is 0.327. The molecule has 64 heavy (non-hydrogen) atoms. The van der Waals surface area contributed by atoms with Crippen LogP contribution >= 0.6 is 0 Å². The lowest BCUT2D eigenvalue weighted by Crippen LogP contribution is -2.49. The molecule has 2 saturated heterocycles. The van der Waals surface area contributed by atoms with Crippen LogP contribution in [-0.4, -0.2) is 70.5 Å². The van der Waals surface area contributed by atoms with Crippen LogP contribution < -0.4 is 20.1 Å². The molecule has 3 aliphatic rings. The Labute approximate surface area is 376 Å². The number of aromatic nitrogens is 2. The molecule has 9 heteroatoms. The zero-order valence-electron chi connectivity index (χ0n) is 37.2. The highest BCUT2D eigenvalue weighted by Gasteiger charge is 2.33. The number of pyridine rings is 1. The van der Waals surface area contributed by atoms with Crippen molar-refractivity contribution in [3.8, 4) is 28.4 Å². The third-order valence-electron chi connectivity index (χ3n) is 14.2. The normalized spacial score (nSPS) is 18.6. The number of anilines is 2. The molecule has 4 heterocycles. The zero-order chi connectivity index (χ0) is 44.0. The van der Waals surface area contributed by atoms with Gasteiger partial charge in [0, 0.05) is 99.1 Å². The maximum Gasteiger partial charge on any atom is 0.274 e. The molecule has 2 atom stereocenters.